The van der Waals surface area contributed by atoms with Gasteiger partial charge in [-0.15, -0.1) is 0 Å². The number of nitrogens with two attached hydrogens (primary N) is 1. The molecule has 1 unspecified atom stereocenters. The molecule has 1 aromatic rings. The lowest BCUT2D eigenvalue weighted by Gasteiger charge is -2.17. The summed E-state index contributed by atoms with van der Waals surface area (Å²) in [5, 5.41) is 0.679. The Labute approximate surface area is 117 Å². The Balaban J connectivity index is 2.87. The van der Waals surface area contributed by atoms with Gasteiger partial charge in [0.15, 0.2) is 0 Å². The first-order valence-corrected chi connectivity index (χ1v) is 7.05. The summed E-state index contributed by atoms with van der Waals surface area (Å²) in [5.74, 6) is 0.790. The van der Waals surface area contributed by atoms with Gasteiger partial charge in [0.2, 0.25) is 0 Å². The molecule has 96 valence electrons. The van der Waals surface area contributed by atoms with Gasteiger partial charge in [-0.25, -0.2) is 0 Å². The highest BCUT2D eigenvalue weighted by atomic mass is 79.9. The van der Waals surface area contributed by atoms with Crippen molar-refractivity contribution in [1.29, 1.82) is 0 Å². The fraction of sp³-hybridized carbons (Fsp3) is 0.538. The van der Waals surface area contributed by atoms with Gasteiger partial charge in [-0.3, -0.25) is 0 Å². The van der Waals surface area contributed by atoms with Crippen LogP contribution in [0.15, 0.2) is 16.6 Å². The molecule has 1 atom stereocenters. The lowest BCUT2D eigenvalue weighted by molar-refractivity contribution is 0.400. The van der Waals surface area contributed by atoms with Gasteiger partial charge in [0.25, 0.3) is 0 Å². The maximum Gasteiger partial charge on any atom is 0.137 e. The van der Waals surface area contributed by atoms with E-state index < -0.39 is 0 Å². The lowest BCUT2D eigenvalue weighted by Crippen LogP contribution is -2.12. The summed E-state index contributed by atoms with van der Waals surface area (Å²) in [4.78, 5) is 0. The van der Waals surface area contributed by atoms with E-state index in [0.29, 0.717) is 5.02 Å². The number of halogens is 2. The normalized spacial score (nSPS) is 12.5. The fourth-order valence-corrected chi connectivity index (χ4v) is 2.84. The SMILES string of the molecule is CCCCCC(N)c1cc(Cl)cc(Br)c1OC. The largest absolute Gasteiger partial charge is 0.495 e. The van der Waals surface area contributed by atoms with E-state index in [1.54, 1.807) is 7.11 Å². The quantitative estimate of drug-likeness (QED) is 0.772. The van der Waals surface area contributed by atoms with E-state index in [4.69, 9.17) is 22.1 Å². The molecule has 4 heteroatoms. The predicted octanol–water partition coefficient (Wildman–Crippen LogP) is 4.69. The second-order valence-electron chi connectivity index (χ2n) is 4.11. The third kappa shape index (κ3) is 4.16. The van der Waals surface area contributed by atoms with Crippen molar-refractivity contribution in [3.63, 3.8) is 0 Å². The Bertz CT molecular complexity index is 371. The minimum atomic E-state index is -0.0218. The maximum absolute atomic E-state index is 6.19. The highest BCUT2D eigenvalue weighted by molar-refractivity contribution is 9.10. The molecule has 0 fully saturated rings. The zero-order valence-corrected chi connectivity index (χ0v) is 12.6. The standard InChI is InChI=1S/C13H19BrClNO/c1-3-4-5-6-12(16)10-7-9(15)8-11(14)13(10)17-2/h7-8,12H,3-6,16H2,1-2H3. The molecule has 0 aliphatic carbocycles. The molecule has 0 spiro atoms. The van der Waals surface area contributed by atoms with Crippen LogP contribution in [0.1, 0.15) is 44.2 Å². The zero-order chi connectivity index (χ0) is 12.8. The number of hydrogen-bond donors (Lipinski definition) is 1. The minimum absolute atomic E-state index is 0.0218. The lowest BCUT2D eigenvalue weighted by atomic mass is 10.0. The molecule has 17 heavy (non-hydrogen) atoms. The number of ether oxygens (including phenoxy) is 1. The van der Waals surface area contributed by atoms with Crippen molar-refractivity contribution in [1.82, 2.24) is 0 Å². The van der Waals surface area contributed by atoms with Crippen LogP contribution in [0, 0.1) is 0 Å². The molecular formula is C13H19BrClNO. The van der Waals surface area contributed by atoms with Crippen LogP contribution in [0.2, 0.25) is 5.02 Å². The number of benzene rings is 1. The van der Waals surface area contributed by atoms with Gasteiger partial charge in [0, 0.05) is 16.6 Å². The van der Waals surface area contributed by atoms with Crippen molar-refractivity contribution >= 4 is 27.5 Å². The van der Waals surface area contributed by atoms with Crippen LogP contribution in [0.4, 0.5) is 0 Å². The molecule has 2 N–H and O–H groups in total. The van der Waals surface area contributed by atoms with Crippen LogP contribution in [0.3, 0.4) is 0 Å². The molecule has 0 aromatic heterocycles. The molecular weight excluding hydrogens is 302 g/mol. The van der Waals surface area contributed by atoms with Crippen molar-refractivity contribution in [2.75, 3.05) is 7.11 Å². The van der Waals surface area contributed by atoms with Gasteiger partial charge >= 0.3 is 0 Å². The molecule has 0 saturated heterocycles. The van der Waals surface area contributed by atoms with E-state index in [2.05, 4.69) is 22.9 Å². The molecule has 0 amide bonds. The van der Waals surface area contributed by atoms with Crippen LogP contribution in [-0.4, -0.2) is 7.11 Å². The highest BCUT2D eigenvalue weighted by Gasteiger charge is 2.15. The fourth-order valence-electron chi connectivity index (χ4n) is 1.84. The third-order valence-electron chi connectivity index (χ3n) is 2.76. The second kappa shape index (κ2) is 7.24. The first-order chi connectivity index (χ1) is 8.10. The van der Waals surface area contributed by atoms with E-state index in [9.17, 15) is 0 Å². The Morgan fingerprint density at radius 2 is 2.12 bits per heavy atom. The second-order valence-corrected chi connectivity index (χ2v) is 5.40. The average Bonchev–Trinajstić information content (AvgIpc) is 2.28. The number of methoxy groups -OCH3 is 1. The summed E-state index contributed by atoms with van der Waals surface area (Å²) in [6.07, 6.45) is 4.49. The summed E-state index contributed by atoms with van der Waals surface area (Å²) in [6, 6.07) is 3.69. The zero-order valence-electron chi connectivity index (χ0n) is 10.3. The molecule has 0 saturated carbocycles. The topological polar surface area (TPSA) is 35.2 Å². The van der Waals surface area contributed by atoms with Gasteiger partial charge in [-0.2, -0.15) is 0 Å². The monoisotopic (exact) mass is 319 g/mol. The van der Waals surface area contributed by atoms with Gasteiger partial charge in [0.05, 0.1) is 11.6 Å². The van der Waals surface area contributed by atoms with E-state index >= 15 is 0 Å². The molecule has 0 radical (unpaired) electrons. The van der Waals surface area contributed by atoms with Gasteiger partial charge < -0.3 is 10.5 Å². The van der Waals surface area contributed by atoms with Crippen molar-refractivity contribution in [2.24, 2.45) is 5.73 Å². The summed E-state index contributed by atoms with van der Waals surface area (Å²) >= 11 is 9.49. The Morgan fingerprint density at radius 1 is 1.41 bits per heavy atom. The molecule has 0 bridgehead atoms. The van der Waals surface area contributed by atoms with E-state index in [1.165, 1.54) is 12.8 Å². The van der Waals surface area contributed by atoms with Gasteiger partial charge in [-0.1, -0.05) is 37.8 Å². The number of unbranched alkanes of at least 4 members (excludes halogenated alkanes) is 2. The smallest absolute Gasteiger partial charge is 0.137 e. The van der Waals surface area contributed by atoms with Crippen LogP contribution in [-0.2, 0) is 0 Å². The first-order valence-electron chi connectivity index (χ1n) is 5.88. The first kappa shape index (κ1) is 14.8. The predicted molar refractivity (Wildman–Crippen MR) is 76.8 cm³/mol. The third-order valence-corrected chi connectivity index (χ3v) is 3.57. The molecule has 0 aliphatic heterocycles. The summed E-state index contributed by atoms with van der Waals surface area (Å²) in [7, 11) is 1.65. The summed E-state index contributed by atoms with van der Waals surface area (Å²) in [6.45, 7) is 2.18. The summed E-state index contributed by atoms with van der Waals surface area (Å²) < 4.78 is 6.23. The van der Waals surface area contributed by atoms with Gasteiger partial charge in [-0.05, 0) is 34.5 Å². The molecule has 0 heterocycles. The Morgan fingerprint density at radius 3 is 2.71 bits per heavy atom. The number of hydrogen-bond acceptors (Lipinski definition) is 2. The van der Waals surface area contributed by atoms with E-state index in [0.717, 1.165) is 28.6 Å². The van der Waals surface area contributed by atoms with Crippen LogP contribution in [0.5, 0.6) is 5.75 Å². The van der Waals surface area contributed by atoms with Crippen LogP contribution >= 0.6 is 27.5 Å². The van der Waals surface area contributed by atoms with Crippen LogP contribution < -0.4 is 10.5 Å². The molecule has 0 aliphatic rings. The Kier molecular flexibility index (Phi) is 6.31. The van der Waals surface area contributed by atoms with Crippen molar-refractivity contribution in [3.8, 4) is 5.75 Å². The minimum Gasteiger partial charge on any atom is -0.495 e. The van der Waals surface area contributed by atoms with Gasteiger partial charge in [0.1, 0.15) is 5.75 Å². The number of rotatable bonds is 6. The van der Waals surface area contributed by atoms with E-state index in [-0.39, 0.29) is 6.04 Å². The molecule has 2 nitrogen and oxygen atoms in total. The Hall–Kier alpha value is -0.250. The van der Waals surface area contributed by atoms with Crippen molar-refractivity contribution in [2.45, 2.75) is 38.6 Å². The van der Waals surface area contributed by atoms with Crippen LogP contribution in [0.25, 0.3) is 0 Å². The summed E-state index contributed by atoms with van der Waals surface area (Å²) in [5.41, 5.74) is 7.17. The average molecular weight is 321 g/mol. The molecule has 1 aromatic carbocycles. The highest BCUT2D eigenvalue weighted by Crippen LogP contribution is 2.36. The van der Waals surface area contributed by atoms with Crippen molar-refractivity contribution < 1.29 is 4.74 Å². The molecule has 1 rings (SSSR count). The van der Waals surface area contributed by atoms with E-state index in [1.807, 2.05) is 12.1 Å². The maximum atomic E-state index is 6.19. The van der Waals surface area contributed by atoms with Crippen molar-refractivity contribution in [3.05, 3.63) is 27.2 Å².